The molecule has 5 nitrogen and oxygen atoms in total. The Hall–Kier alpha value is -5.03. The van der Waals surface area contributed by atoms with Gasteiger partial charge in [0.1, 0.15) is 0 Å². The predicted octanol–water partition coefficient (Wildman–Crippen LogP) is 6.57. The molecule has 0 bridgehead atoms. The Morgan fingerprint density at radius 2 is 0.944 bits per heavy atom. The lowest BCUT2D eigenvalue weighted by Gasteiger charge is -2.08. The second-order valence-corrected chi connectivity index (χ2v) is 8.56. The number of nitrogens with one attached hydrogen (secondary N) is 1. The molecule has 0 aliphatic carbocycles. The number of rotatable bonds is 4. The molecule has 36 heavy (non-hydrogen) atoms. The van der Waals surface area contributed by atoms with Gasteiger partial charge in [0.25, 0.3) is 0 Å². The van der Waals surface area contributed by atoms with Crippen molar-refractivity contribution >= 4 is 61.5 Å². The Kier molecular flexibility index (Phi) is 5.56. The summed E-state index contributed by atoms with van der Waals surface area (Å²) in [6, 6.07) is 37.4. The Bertz CT molecular complexity index is 1720. The minimum Gasteiger partial charge on any atom is -0.367 e. The van der Waals surface area contributed by atoms with Crippen LogP contribution in [0.3, 0.4) is 0 Å². The minimum absolute atomic E-state index is 0.108. The number of nitrogens with two attached hydrogens (primary N) is 1. The number of nitrogens with zero attached hydrogens (tertiary/aromatic N) is 3. The Morgan fingerprint density at radius 1 is 0.556 bits per heavy atom. The van der Waals surface area contributed by atoms with Gasteiger partial charge in [0, 0.05) is 11.1 Å². The van der Waals surface area contributed by atoms with Gasteiger partial charge in [0.15, 0.2) is 0 Å². The highest BCUT2D eigenvalue weighted by Gasteiger charge is 2.06. The van der Waals surface area contributed by atoms with E-state index in [0.717, 1.165) is 54.2 Å². The Balaban J connectivity index is 1.30. The van der Waals surface area contributed by atoms with Crippen LogP contribution in [0, 0.1) is 0 Å². The molecule has 0 aliphatic heterocycles. The first-order valence-corrected chi connectivity index (χ1v) is 11.7. The van der Waals surface area contributed by atoms with Crippen LogP contribution in [0.15, 0.2) is 124 Å². The van der Waals surface area contributed by atoms with Crippen molar-refractivity contribution in [2.24, 2.45) is 21.0 Å². The highest BCUT2D eigenvalue weighted by molar-refractivity contribution is 6.14. The van der Waals surface area contributed by atoms with Crippen molar-refractivity contribution in [3.8, 4) is 0 Å². The summed E-state index contributed by atoms with van der Waals surface area (Å²) in [5.74, 6) is 0.108. The zero-order valence-electron chi connectivity index (χ0n) is 19.5. The topological polar surface area (TPSA) is 75.1 Å². The molecule has 6 aromatic carbocycles. The highest BCUT2D eigenvalue weighted by Crippen LogP contribution is 2.28. The second-order valence-electron chi connectivity index (χ2n) is 8.56. The summed E-state index contributed by atoms with van der Waals surface area (Å²) in [5.41, 5.74) is 10.9. The number of guanidine groups is 1. The average Bonchev–Trinajstić information content (AvgIpc) is 2.92. The largest absolute Gasteiger partial charge is 0.367 e. The third-order valence-electron chi connectivity index (χ3n) is 6.35. The molecule has 6 aromatic rings. The van der Waals surface area contributed by atoms with E-state index in [4.69, 9.17) is 5.73 Å². The van der Waals surface area contributed by atoms with Crippen molar-refractivity contribution in [1.29, 1.82) is 0 Å². The highest BCUT2D eigenvalue weighted by atomic mass is 15.4. The van der Waals surface area contributed by atoms with E-state index in [2.05, 4.69) is 81.4 Å². The summed E-state index contributed by atoms with van der Waals surface area (Å²) in [6.45, 7) is 0. The predicted molar refractivity (Wildman–Crippen MR) is 153 cm³/mol. The molecular weight excluding hydrogens is 442 g/mol. The number of hydrazone groups is 1. The average molecular weight is 466 g/mol. The molecule has 5 heteroatoms. The molecule has 0 saturated heterocycles. The summed E-state index contributed by atoms with van der Waals surface area (Å²) in [4.78, 5) is 0. The lowest BCUT2D eigenvalue weighted by atomic mass is 9.97. The van der Waals surface area contributed by atoms with E-state index in [0.29, 0.717) is 0 Å². The number of fused-ring (bicyclic) bond motifs is 4. The maximum Gasteiger partial charge on any atom is 0.234 e. The number of hydrogen-bond acceptors (Lipinski definition) is 3. The van der Waals surface area contributed by atoms with Crippen LogP contribution in [-0.2, 0) is 0 Å². The molecule has 0 aromatic heterocycles. The minimum atomic E-state index is 0.108. The second kappa shape index (κ2) is 9.31. The van der Waals surface area contributed by atoms with Crippen molar-refractivity contribution in [2.75, 3.05) is 0 Å². The van der Waals surface area contributed by atoms with Crippen molar-refractivity contribution in [3.63, 3.8) is 0 Å². The molecule has 0 aliphatic rings. The van der Waals surface area contributed by atoms with E-state index >= 15 is 0 Å². The Labute approximate surface area is 208 Å². The van der Waals surface area contributed by atoms with Gasteiger partial charge in [0.2, 0.25) is 5.96 Å². The first-order valence-electron chi connectivity index (χ1n) is 11.7. The molecule has 0 amide bonds. The van der Waals surface area contributed by atoms with Gasteiger partial charge in [-0.2, -0.15) is 10.2 Å². The van der Waals surface area contributed by atoms with Gasteiger partial charge in [-0.1, -0.05) is 97.1 Å². The molecule has 0 radical (unpaired) electrons. The van der Waals surface area contributed by atoms with Crippen LogP contribution in [0.2, 0.25) is 0 Å². The van der Waals surface area contributed by atoms with Crippen LogP contribution in [0.4, 0.5) is 0 Å². The summed E-state index contributed by atoms with van der Waals surface area (Å²) in [7, 11) is 0. The van der Waals surface area contributed by atoms with Crippen molar-refractivity contribution in [2.45, 2.75) is 0 Å². The summed E-state index contributed by atoms with van der Waals surface area (Å²) in [5, 5.41) is 21.9. The van der Waals surface area contributed by atoms with E-state index in [1.54, 1.807) is 12.4 Å². The van der Waals surface area contributed by atoms with Gasteiger partial charge >= 0.3 is 0 Å². The molecule has 0 fully saturated rings. The molecular formula is C31H23N5. The fourth-order valence-electron chi connectivity index (χ4n) is 4.71. The van der Waals surface area contributed by atoms with Crippen LogP contribution in [0.5, 0.6) is 0 Å². The van der Waals surface area contributed by atoms with Gasteiger partial charge in [-0.25, -0.2) is 5.43 Å². The fraction of sp³-hybridized carbons (Fsp3) is 0. The molecule has 3 N–H and O–H groups in total. The monoisotopic (exact) mass is 465 g/mol. The van der Waals surface area contributed by atoms with E-state index in [1.807, 2.05) is 48.5 Å². The smallest absolute Gasteiger partial charge is 0.234 e. The van der Waals surface area contributed by atoms with Gasteiger partial charge in [-0.3, -0.25) is 0 Å². The zero-order valence-corrected chi connectivity index (χ0v) is 19.5. The standard InChI is InChI=1S/C31H23N5/c32-31(35-33-19-29-25-13-5-1-9-21(25)17-22-10-2-6-14-26(22)29)36-34-20-30-27-15-7-3-11-23(27)18-24-12-4-8-16-28(24)30/h1-20H,(H3,32,35,36)/b33-19-,34-20-. The SMILES string of the molecule is NC(=N/N=C\c1c2ccccc2cc2ccccc12)N/N=C\c1c2ccccc2cc2ccccc12. The quantitative estimate of drug-likeness (QED) is 0.134. The summed E-state index contributed by atoms with van der Waals surface area (Å²) in [6.07, 6.45) is 3.54. The molecule has 0 unspecified atom stereocenters. The number of hydrogen-bond donors (Lipinski definition) is 2. The Morgan fingerprint density at radius 3 is 1.39 bits per heavy atom. The fourth-order valence-corrected chi connectivity index (χ4v) is 4.71. The van der Waals surface area contributed by atoms with Crippen LogP contribution >= 0.6 is 0 Å². The van der Waals surface area contributed by atoms with Crippen LogP contribution in [0.1, 0.15) is 11.1 Å². The lowest BCUT2D eigenvalue weighted by Crippen LogP contribution is -2.26. The van der Waals surface area contributed by atoms with E-state index in [-0.39, 0.29) is 5.96 Å². The lowest BCUT2D eigenvalue weighted by molar-refractivity contribution is 0.995. The molecule has 172 valence electrons. The van der Waals surface area contributed by atoms with Crippen LogP contribution in [0.25, 0.3) is 43.1 Å². The van der Waals surface area contributed by atoms with Gasteiger partial charge in [-0.05, 0) is 55.2 Å². The van der Waals surface area contributed by atoms with Crippen LogP contribution < -0.4 is 11.2 Å². The maximum absolute atomic E-state index is 6.06. The molecule has 0 atom stereocenters. The zero-order chi connectivity index (χ0) is 24.3. The third kappa shape index (κ3) is 4.03. The first kappa shape index (κ1) is 21.5. The van der Waals surface area contributed by atoms with E-state index in [1.165, 1.54) is 0 Å². The maximum atomic E-state index is 6.06. The van der Waals surface area contributed by atoms with Crippen molar-refractivity contribution < 1.29 is 0 Å². The number of benzene rings is 6. The van der Waals surface area contributed by atoms with Crippen molar-refractivity contribution in [3.05, 3.63) is 120 Å². The normalized spacial score (nSPS) is 12.5. The first-order chi connectivity index (χ1) is 17.8. The molecule has 0 heterocycles. The molecule has 6 rings (SSSR count). The van der Waals surface area contributed by atoms with E-state index in [9.17, 15) is 0 Å². The van der Waals surface area contributed by atoms with Gasteiger partial charge in [0.05, 0.1) is 12.4 Å². The van der Waals surface area contributed by atoms with Crippen molar-refractivity contribution in [1.82, 2.24) is 5.43 Å². The van der Waals surface area contributed by atoms with E-state index < -0.39 is 0 Å². The summed E-state index contributed by atoms with van der Waals surface area (Å²) >= 11 is 0. The molecule has 0 spiro atoms. The summed E-state index contributed by atoms with van der Waals surface area (Å²) < 4.78 is 0. The van der Waals surface area contributed by atoms with Gasteiger partial charge in [-0.15, -0.1) is 5.10 Å². The third-order valence-corrected chi connectivity index (χ3v) is 6.35. The molecule has 0 saturated carbocycles. The van der Waals surface area contributed by atoms with Gasteiger partial charge < -0.3 is 5.73 Å². The van der Waals surface area contributed by atoms with Crippen LogP contribution in [-0.4, -0.2) is 18.4 Å².